The van der Waals surface area contributed by atoms with Gasteiger partial charge in [0.15, 0.2) is 0 Å². The second-order valence-corrected chi connectivity index (χ2v) is 7.86. The van der Waals surface area contributed by atoms with Crippen molar-refractivity contribution < 1.29 is 14.7 Å². The van der Waals surface area contributed by atoms with Gasteiger partial charge < -0.3 is 19.9 Å². The van der Waals surface area contributed by atoms with Crippen LogP contribution in [-0.2, 0) is 4.79 Å². The molecule has 3 aromatic rings. The minimum absolute atomic E-state index is 0.0517. The van der Waals surface area contributed by atoms with E-state index in [9.17, 15) is 14.9 Å². The summed E-state index contributed by atoms with van der Waals surface area (Å²) in [4.78, 5) is 26.1. The van der Waals surface area contributed by atoms with E-state index in [0.29, 0.717) is 5.69 Å². The molecule has 0 atom stereocenters. The second kappa shape index (κ2) is 10.5. The van der Waals surface area contributed by atoms with Crippen LogP contribution in [0.15, 0.2) is 60.2 Å². The van der Waals surface area contributed by atoms with Gasteiger partial charge in [0.2, 0.25) is 0 Å². The van der Waals surface area contributed by atoms with E-state index in [0.717, 1.165) is 41.4 Å². The topological polar surface area (TPSA) is 98.4 Å². The van der Waals surface area contributed by atoms with E-state index < -0.39 is 11.9 Å². The first-order valence-electron chi connectivity index (χ1n) is 11.1. The fourth-order valence-corrected chi connectivity index (χ4v) is 3.96. The third-order valence-electron chi connectivity index (χ3n) is 5.74. The van der Waals surface area contributed by atoms with Gasteiger partial charge >= 0.3 is 5.97 Å². The van der Waals surface area contributed by atoms with Crippen LogP contribution in [0.5, 0.6) is 0 Å². The first-order chi connectivity index (χ1) is 16.3. The summed E-state index contributed by atoms with van der Waals surface area (Å²) in [5.41, 5.74) is 5.09. The van der Waals surface area contributed by atoms with Crippen LogP contribution in [0.4, 0.5) is 11.4 Å². The number of amides is 1. The van der Waals surface area contributed by atoms with Crippen molar-refractivity contribution in [1.29, 1.82) is 5.26 Å². The Hall–Kier alpha value is -4.31. The molecule has 34 heavy (non-hydrogen) atoms. The predicted octanol–water partition coefficient (Wildman–Crippen LogP) is 5.18. The summed E-state index contributed by atoms with van der Waals surface area (Å²) in [5.74, 6) is -1.69. The molecular weight excluding hydrogens is 428 g/mol. The lowest BCUT2D eigenvalue weighted by Crippen LogP contribution is -2.21. The molecule has 1 heterocycles. The number of aromatic carboxylic acids is 1. The van der Waals surface area contributed by atoms with Gasteiger partial charge in [0.05, 0.1) is 5.56 Å². The highest BCUT2D eigenvalue weighted by Crippen LogP contribution is 2.25. The van der Waals surface area contributed by atoms with Crippen LogP contribution in [0, 0.1) is 25.2 Å². The molecule has 0 fully saturated rings. The van der Waals surface area contributed by atoms with Crippen molar-refractivity contribution in [2.45, 2.75) is 27.7 Å². The van der Waals surface area contributed by atoms with Gasteiger partial charge in [0.1, 0.15) is 11.6 Å². The highest BCUT2D eigenvalue weighted by atomic mass is 16.4. The maximum Gasteiger partial charge on any atom is 0.335 e. The van der Waals surface area contributed by atoms with Gasteiger partial charge in [-0.05, 0) is 87.9 Å². The van der Waals surface area contributed by atoms with Crippen molar-refractivity contribution in [3.8, 4) is 11.8 Å². The number of hydrogen-bond donors (Lipinski definition) is 2. The standard InChI is InChI=1S/C27H28N4O3/c1-5-30(6-2)24-10-12-25(13-11-24)31-18(3)14-21(19(31)4)15-22(17-28)26(32)29-23-9-7-8-20(16-23)27(33)34/h7-16H,5-6H2,1-4H3,(H,29,32)(H,33,34)/b22-15-. The molecule has 3 rings (SSSR count). The number of nitrogens with one attached hydrogen (secondary N) is 1. The van der Waals surface area contributed by atoms with Crippen molar-refractivity contribution in [3.63, 3.8) is 0 Å². The normalized spacial score (nSPS) is 11.1. The molecule has 1 aromatic heterocycles. The summed E-state index contributed by atoms with van der Waals surface area (Å²) in [6, 6.07) is 18.1. The molecule has 0 aliphatic heterocycles. The van der Waals surface area contributed by atoms with E-state index in [4.69, 9.17) is 5.11 Å². The van der Waals surface area contributed by atoms with Gasteiger partial charge in [-0.25, -0.2) is 4.79 Å². The Balaban J connectivity index is 1.88. The lowest BCUT2D eigenvalue weighted by Gasteiger charge is -2.21. The molecule has 7 nitrogen and oxygen atoms in total. The van der Waals surface area contributed by atoms with E-state index in [-0.39, 0.29) is 11.1 Å². The number of anilines is 2. The average Bonchev–Trinajstić information content (AvgIpc) is 3.11. The number of carbonyl (C=O) groups excluding carboxylic acids is 1. The first-order valence-corrected chi connectivity index (χ1v) is 11.1. The molecule has 0 spiro atoms. The number of nitrogens with zero attached hydrogens (tertiary/aromatic N) is 3. The van der Waals surface area contributed by atoms with Crippen molar-refractivity contribution in [2.24, 2.45) is 0 Å². The number of nitriles is 1. The van der Waals surface area contributed by atoms with E-state index >= 15 is 0 Å². The van der Waals surface area contributed by atoms with Gasteiger partial charge in [-0.3, -0.25) is 4.79 Å². The van der Waals surface area contributed by atoms with Gasteiger partial charge in [-0.15, -0.1) is 0 Å². The van der Waals surface area contributed by atoms with Gasteiger partial charge in [-0.2, -0.15) is 5.26 Å². The Bertz CT molecular complexity index is 1280. The zero-order chi connectivity index (χ0) is 24.8. The number of carboxylic acid groups (broad SMARTS) is 1. The molecular formula is C27H28N4O3. The number of aryl methyl sites for hydroxylation is 1. The van der Waals surface area contributed by atoms with Crippen LogP contribution >= 0.6 is 0 Å². The van der Waals surface area contributed by atoms with E-state index in [2.05, 4.69) is 52.9 Å². The maximum atomic E-state index is 12.7. The first kappa shape index (κ1) is 24.3. The molecule has 0 saturated heterocycles. The summed E-state index contributed by atoms with van der Waals surface area (Å²) in [6.07, 6.45) is 1.56. The molecule has 7 heteroatoms. The molecule has 1 amide bonds. The number of benzene rings is 2. The zero-order valence-electron chi connectivity index (χ0n) is 19.8. The molecule has 0 aliphatic carbocycles. The van der Waals surface area contributed by atoms with Crippen LogP contribution in [0.25, 0.3) is 11.8 Å². The monoisotopic (exact) mass is 456 g/mol. The van der Waals surface area contributed by atoms with Crippen LogP contribution in [0.1, 0.15) is 41.2 Å². The predicted molar refractivity (Wildman–Crippen MR) is 134 cm³/mol. The van der Waals surface area contributed by atoms with Gasteiger partial charge in [0, 0.05) is 41.5 Å². The molecule has 174 valence electrons. The molecule has 0 saturated carbocycles. The number of carboxylic acids is 1. The van der Waals surface area contributed by atoms with Gasteiger partial charge in [-0.1, -0.05) is 6.07 Å². The highest BCUT2D eigenvalue weighted by molar-refractivity contribution is 6.10. The fourth-order valence-electron chi connectivity index (χ4n) is 3.96. The molecule has 2 N–H and O–H groups in total. The van der Waals surface area contributed by atoms with Crippen molar-refractivity contribution in [2.75, 3.05) is 23.3 Å². The molecule has 0 bridgehead atoms. The Morgan fingerprint density at radius 2 is 1.76 bits per heavy atom. The average molecular weight is 457 g/mol. The Labute approximate surface area is 199 Å². The van der Waals surface area contributed by atoms with Crippen molar-refractivity contribution >= 4 is 29.3 Å². The van der Waals surface area contributed by atoms with E-state index in [1.54, 1.807) is 12.1 Å². The van der Waals surface area contributed by atoms with Crippen LogP contribution in [-0.4, -0.2) is 34.6 Å². The van der Waals surface area contributed by atoms with Crippen LogP contribution < -0.4 is 10.2 Å². The number of hydrogen-bond acceptors (Lipinski definition) is 4. The maximum absolute atomic E-state index is 12.7. The summed E-state index contributed by atoms with van der Waals surface area (Å²) >= 11 is 0. The quantitative estimate of drug-likeness (QED) is 0.359. The lowest BCUT2D eigenvalue weighted by molar-refractivity contribution is -0.112. The zero-order valence-corrected chi connectivity index (χ0v) is 19.8. The second-order valence-electron chi connectivity index (χ2n) is 7.86. The molecule has 0 unspecified atom stereocenters. The van der Waals surface area contributed by atoms with Crippen LogP contribution in [0.2, 0.25) is 0 Å². The smallest absolute Gasteiger partial charge is 0.335 e. The van der Waals surface area contributed by atoms with E-state index in [1.165, 1.54) is 18.2 Å². The lowest BCUT2D eigenvalue weighted by atomic mass is 10.1. The van der Waals surface area contributed by atoms with Crippen molar-refractivity contribution in [1.82, 2.24) is 4.57 Å². The van der Waals surface area contributed by atoms with Crippen LogP contribution in [0.3, 0.4) is 0 Å². The summed E-state index contributed by atoms with van der Waals surface area (Å²) in [6.45, 7) is 10.1. The largest absolute Gasteiger partial charge is 0.478 e. The van der Waals surface area contributed by atoms with E-state index in [1.807, 2.05) is 26.0 Å². The SMILES string of the molecule is CCN(CC)c1ccc(-n2c(C)cc(/C=C(/C#N)C(=O)Nc3cccc(C(=O)O)c3)c2C)cc1. The Kier molecular flexibility index (Phi) is 7.54. The minimum Gasteiger partial charge on any atom is -0.478 e. The third kappa shape index (κ3) is 5.18. The van der Waals surface area contributed by atoms with Gasteiger partial charge in [0.25, 0.3) is 5.91 Å². The Morgan fingerprint density at radius 3 is 2.35 bits per heavy atom. The fraction of sp³-hybridized carbons (Fsp3) is 0.222. The minimum atomic E-state index is -1.09. The number of rotatable bonds is 8. The number of carbonyl (C=O) groups is 2. The molecule has 0 aliphatic rings. The summed E-state index contributed by atoms with van der Waals surface area (Å²) in [5, 5.41) is 21.3. The molecule has 2 aromatic carbocycles. The van der Waals surface area contributed by atoms with Crippen molar-refractivity contribution in [3.05, 3.63) is 82.7 Å². The number of aromatic nitrogens is 1. The Morgan fingerprint density at radius 1 is 1.09 bits per heavy atom. The summed E-state index contributed by atoms with van der Waals surface area (Å²) in [7, 11) is 0. The molecule has 0 radical (unpaired) electrons. The summed E-state index contributed by atoms with van der Waals surface area (Å²) < 4.78 is 2.08. The highest BCUT2D eigenvalue weighted by Gasteiger charge is 2.15. The third-order valence-corrected chi connectivity index (χ3v) is 5.74.